The Morgan fingerprint density at radius 3 is 3.00 bits per heavy atom. The zero-order chi connectivity index (χ0) is 19.7. The highest BCUT2D eigenvalue weighted by atomic mass is 19.1. The van der Waals surface area contributed by atoms with Crippen LogP contribution in [0.3, 0.4) is 0 Å². The molecule has 2 unspecified atom stereocenters. The molecule has 0 spiro atoms. The number of halogens is 1. The zero-order valence-electron chi connectivity index (χ0n) is 15.4. The Kier molecular flexibility index (Phi) is 5.01. The molecule has 0 bridgehead atoms. The first-order chi connectivity index (χ1) is 13.6. The fourth-order valence-corrected chi connectivity index (χ4v) is 4.04. The largest absolute Gasteiger partial charge is 0.460 e. The minimum absolute atomic E-state index is 0.0349. The van der Waals surface area contributed by atoms with Crippen molar-refractivity contribution in [2.24, 2.45) is 0 Å². The SMILES string of the molecule is N#CC1CCCN1C(=O)CN1CCC(NC(=O)c2coc3c(F)cccc23)C1. The van der Waals surface area contributed by atoms with E-state index >= 15 is 0 Å². The Hall–Kier alpha value is -2.92. The molecule has 4 rings (SSSR count). The minimum Gasteiger partial charge on any atom is -0.460 e. The second-order valence-electron chi connectivity index (χ2n) is 7.33. The maximum Gasteiger partial charge on any atom is 0.255 e. The maximum absolute atomic E-state index is 13.7. The zero-order valence-corrected chi connectivity index (χ0v) is 15.4. The fraction of sp³-hybridized carbons (Fsp3) is 0.450. The summed E-state index contributed by atoms with van der Waals surface area (Å²) in [7, 11) is 0. The van der Waals surface area contributed by atoms with E-state index in [-0.39, 0.29) is 36.0 Å². The maximum atomic E-state index is 13.7. The highest BCUT2D eigenvalue weighted by Crippen LogP contribution is 2.24. The number of nitriles is 1. The molecule has 2 amide bonds. The fourth-order valence-electron chi connectivity index (χ4n) is 4.04. The van der Waals surface area contributed by atoms with E-state index in [1.165, 1.54) is 12.3 Å². The molecule has 1 N–H and O–H groups in total. The molecule has 0 aliphatic carbocycles. The Labute approximate surface area is 161 Å². The van der Waals surface area contributed by atoms with Gasteiger partial charge in [-0.2, -0.15) is 5.26 Å². The van der Waals surface area contributed by atoms with Crippen molar-refractivity contribution >= 4 is 22.8 Å². The predicted octanol–water partition coefficient (Wildman–Crippen LogP) is 1.89. The average Bonchev–Trinajstić information content (AvgIpc) is 3.41. The van der Waals surface area contributed by atoms with E-state index in [2.05, 4.69) is 11.4 Å². The van der Waals surface area contributed by atoms with Crippen molar-refractivity contribution in [3.8, 4) is 6.07 Å². The lowest BCUT2D eigenvalue weighted by molar-refractivity contribution is -0.132. The average molecular weight is 384 g/mol. The molecule has 28 heavy (non-hydrogen) atoms. The molecule has 146 valence electrons. The van der Waals surface area contributed by atoms with E-state index in [0.717, 1.165) is 19.3 Å². The highest BCUT2D eigenvalue weighted by Gasteiger charge is 2.32. The van der Waals surface area contributed by atoms with Gasteiger partial charge >= 0.3 is 0 Å². The van der Waals surface area contributed by atoms with Gasteiger partial charge in [0.25, 0.3) is 5.91 Å². The summed E-state index contributed by atoms with van der Waals surface area (Å²) >= 11 is 0. The number of para-hydroxylation sites is 1. The second kappa shape index (κ2) is 7.60. The van der Waals surface area contributed by atoms with Crippen molar-refractivity contribution in [3.05, 3.63) is 35.8 Å². The molecule has 2 aromatic rings. The number of rotatable bonds is 4. The molecule has 2 atom stereocenters. The third-order valence-corrected chi connectivity index (χ3v) is 5.49. The van der Waals surface area contributed by atoms with E-state index in [1.807, 2.05) is 4.90 Å². The van der Waals surface area contributed by atoms with E-state index in [4.69, 9.17) is 9.68 Å². The normalized spacial score (nSPS) is 22.5. The van der Waals surface area contributed by atoms with Gasteiger partial charge in [-0.15, -0.1) is 0 Å². The van der Waals surface area contributed by atoms with Crippen LogP contribution in [0.2, 0.25) is 0 Å². The van der Waals surface area contributed by atoms with E-state index < -0.39 is 5.82 Å². The number of nitrogens with zero attached hydrogens (tertiary/aromatic N) is 3. The number of carbonyl (C=O) groups is 2. The second-order valence-corrected chi connectivity index (χ2v) is 7.33. The van der Waals surface area contributed by atoms with Gasteiger partial charge in [-0.05, 0) is 25.3 Å². The van der Waals surface area contributed by atoms with Crippen molar-refractivity contribution in [3.63, 3.8) is 0 Å². The number of furan rings is 1. The van der Waals surface area contributed by atoms with Crippen molar-refractivity contribution < 1.29 is 18.4 Å². The van der Waals surface area contributed by atoms with Gasteiger partial charge in [0.1, 0.15) is 12.3 Å². The number of likely N-dealkylation sites (tertiary alicyclic amines) is 2. The van der Waals surface area contributed by atoms with Gasteiger partial charge in [-0.3, -0.25) is 14.5 Å². The molecular weight excluding hydrogens is 363 g/mol. The van der Waals surface area contributed by atoms with Crippen LogP contribution < -0.4 is 5.32 Å². The van der Waals surface area contributed by atoms with Gasteiger partial charge in [0, 0.05) is 31.1 Å². The van der Waals surface area contributed by atoms with Crippen molar-refractivity contribution in [2.75, 3.05) is 26.2 Å². The molecule has 2 aliphatic rings. The number of hydrogen-bond donors (Lipinski definition) is 1. The molecule has 1 aromatic heterocycles. The monoisotopic (exact) mass is 384 g/mol. The molecule has 7 nitrogen and oxygen atoms in total. The Morgan fingerprint density at radius 1 is 1.32 bits per heavy atom. The Balaban J connectivity index is 1.34. The van der Waals surface area contributed by atoms with Crippen LogP contribution in [0.25, 0.3) is 11.0 Å². The molecule has 8 heteroatoms. The number of carbonyl (C=O) groups excluding carboxylic acids is 2. The van der Waals surface area contributed by atoms with Crippen LogP contribution in [0.1, 0.15) is 29.6 Å². The molecular formula is C20H21FN4O3. The first-order valence-electron chi connectivity index (χ1n) is 9.45. The van der Waals surface area contributed by atoms with Crippen LogP contribution in [0.5, 0.6) is 0 Å². The van der Waals surface area contributed by atoms with Crippen LogP contribution >= 0.6 is 0 Å². The number of fused-ring (bicyclic) bond motifs is 1. The molecule has 0 radical (unpaired) electrons. The minimum atomic E-state index is -0.500. The summed E-state index contributed by atoms with van der Waals surface area (Å²) in [6.45, 7) is 2.15. The summed E-state index contributed by atoms with van der Waals surface area (Å²) in [5, 5.41) is 12.5. The summed E-state index contributed by atoms with van der Waals surface area (Å²) < 4.78 is 18.9. The van der Waals surface area contributed by atoms with Crippen molar-refractivity contribution in [1.29, 1.82) is 5.26 Å². The van der Waals surface area contributed by atoms with E-state index in [1.54, 1.807) is 17.0 Å². The first-order valence-corrected chi connectivity index (χ1v) is 9.45. The van der Waals surface area contributed by atoms with Crippen LogP contribution in [0.15, 0.2) is 28.9 Å². The lowest BCUT2D eigenvalue weighted by Crippen LogP contribution is -2.43. The topological polar surface area (TPSA) is 89.6 Å². The molecule has 2 saturated heterocycles. The van der Waals surface area contributed by atoms with Gasteiger partial charge < -0.3 is 14.6 Å². The number of nitrogens with one attached hydrogen (secondary N) is 1. The third kappa shape index (κ3) is 3.45. The van der Waals surface area contributed by atoms with Crippen LogP contribution in [-0.4, -0.2) is 59.9 Å². The van der Waals surface area contributed by atoms with Gasteiger partial charge in [-0.1, -0.05) is 12.1 Å². The van der Waals surface area contributed by atoms with Crippen molar-refractivity contribution in [2.45, 2.75) is 31.3 Å². The summed E-state index contributed by atoms with van der Waals surface area (Å²) in [6.07, 6.45) is 3.60. The van der Waals surface area contributed by atoms with E-state index in [9.17, 15) is 14.0 Å². The number of hydrogen-bond acceptors (Lipinski definition) is 5. The molecule has 1 aromatic carbocycles. The van der Waals surface area contributed by atoms with Crippen LogP contribution in [0.4, 0.5) is 4.39 Å². The Morgan fingerprint density at radius 2 is 2.18 bits per heavy atom. The molecule has 0 saturated carbocycles. The number of amides is 2. The van der Waals surface area contributed by atoms with Crippen LogP contribution in [0, 0.1) is 17.1 Å². The van der Waals surface area contributed by atoms with Crippen molar-refractivity contribution in [1.82, 2.24) is 15.1 Å². The van der Waals surface area contributed by atoms with Gasteiger partial charge in [0.05, 0.1) is 18.2 Å². The standard InChI is InChI=1S/C20H21FN4O3/c21-17-5-1-4-15-16(12-28-19(15)17)20(27)23-13-6-8-24(10-13)11-18(26)25-7-2-3-14(25)9-22/h1,4-5,12-14H,2-3,6-8,10-11H2,(H,23,27). The quantitative estimate of drug-likeness (QED) is 0.870. The highest BCUT2D eigenvalue weighted by molar-refractivity contribution is 6.06. The van der Waals surface area contributed by atoms with Gasteiger partial charge in [-0.25, -0.2) is 4.39 Å². The summed E-state index contributed by atoms with van der Waals surface area (Å²) in [6, 6.07) is 6.25. The van der Waals surface area contributed by atoms with Gasteiger partial charge in [0.2, 0.25) is 5.91 Å². The molecule has 3 heterocycles. The van der Waals surface area contributed by atoms with E-state index in [0.29, 0.717) is 30.6 Å². The summed E-state index contributed by atoms with van der Waals surface area (Å²) in [4.78, 5) is 28.7. The summed E-state index contributed by atoms with van der Waals surface area (Å²) in [5.74, 6) is -0.848. The third-order valence-electron chi connectivity index (χ3n) is 5.49. The lowest BCUT2D eigenvalue weighted by atomic mass is 10.1. The first kappa shape index (κ1) is 18.4. The molecule has 2 aliphatic heterocycles. The van der Waals surface area contributed by atoms with Gasteiger partial charge in [0.15, 0.2) is 11.4 Å². The smallest absolute Gasteiger partial charge is 0.255 e. The Bertz CT molecular complexity index is 951. The lowest BCUT2D eigenvalue weighted by Gasteiger charge is -2.23. The number of benzene rings is 1. The molecule has 2 fully saturated rings. The van der Waals surface area contributed by atoms with Crippen LogP contribution in [-0.2, 0) is 4.79 Å². The summed E-state index contributed by atoms with van der Waals surface area (Å²) in [5.41, 5.74) is 0.377. The predicted molar refractivity (Wildman–Crippen MR) is 98.8 cm³/mol.